The zero-order valence-electron chi connectivity index (χ0n) is 57.6. The maximum atomic E-state index is 13.0. The minimum atomic E-state index is -4.95. The summed E-state index contributed by atoms with van der Waals surface area (Å²) in [4.78, 5) is 72.5. The summed E-state index contributed by atoms with van der Waals surface area (Å²) in [6.45, 7) is 7.21. The highest BCUT2D eigenvalue weighted by Crippen LogP contribution is 2.45. The van der Waals surface area contributed by atoms with E-state index in [1.165, 1.54) is 180 Å². The van der Waals surface area contributed by atoms with Gasteiger partial charge in [0.25, 0.3) is 0 Å². The molecule has 0 aliphatic heterocycles. The smallest absolute Gasteiger partial charge is 0.462 e. The molecule has 17 nitrogen and oxygen atoms in total. The number of phosphoric ester groups is 2. The zero-order chi connectivity index (χ0) is 65.6. The van der Waals surface area contributed by atoms with Gasteiger partial charge in [0, 0.05) is 25.7 Å². The standard InChI is InChI=1S/C70H136O17P2/c1-6-10-13-16-19-22-25-27-28-30-33-36-39-46-51-56-70(75)86-65(59-80-67(72)53-48-43-37-34-32-29-26-23-20-17-14-11-7-2)61-84-88(76,77)82-57-64(71)58-83-89(78,79)85-62-66(60-81-68(73)54-49-44-41-40-42-47-52-63(5)9-4)87-69(74)55-50-45-38-35-31-24-21-18-15-12-8-3/h63-66,71H,6-62H2,1-5H3,(H,76,77)(H,78,79)/t63?,64-,65-,66-/m1/s1. The van der Waals surface area contributed by atoms with Gasteiger partial charge in [-0.15, -0.1) is 0 Å². The molecule has 0 rings (SSSR count). The van der Waals surface area contributed by atoms with Crippen molar-refractivity contribution in [1.82, 2.24) is 0 Å². The summed E-state index contributed by atoms with van der Waals surface area (Å²) >= 11 is 0. The molecule has 3 N–H and O–H groups in total. The van der Waals surface area contributed by atoms with Gasteiger partial charge in [-0.2, -0.15) is 0 Å². The van der Waals surface area contributed by atoms with Gasteiger partial charge in [-0.3, -0.25) is 37.3 Å². The molecule has 0 saturated carbocycles. The minimum Gasteiger partial charge on any atom is -0.462 e. The molecule has 0 fully saturated rings. The van der Waals surface area contributed by atoms with Crippen LogP contribution in [0, 0.1) is 5.92 Å². The maximum absolute atomic E-state index is 13.0. The van der Waals surface area contributed by atoms with Crippen LogP contribution < -0.4 is 0 Å². The van der Waals surface area contributed by atoms with Crippen LogP contribution in [0.5, 0.6) is 0 Å². The minimum absolute atomic E-state index is 0.106. The molecule has 0 saturated heterocycles. The van der Waals surface area contributed by atoms with Crippen molar-refractivity contribution in [2.24, 2.45) is 5.92 Å². The number of rotatable bonds is 70. The molecular formula is C70H136O17P2. The highest BCUT2D eigenvalue weighted by atomic mass is 31.2. The Balaban J connectivity index is 5.25. The lowest BCUT2D eigenvalue weighted by Crippen LogP contribution is -2.30. The lowest BCUT2D eigenvalue weighted by Gasteiger charge is -2.21. The van der Waals surface area contributed by atoms with E-state index in [2.05, 4.69) is 34.6 Å². The van der Waals surface area contributed by atoms with Crippen molar-refractivity contribution < 1.29 is 80.2 Å². The van der Waals surface area contributed by atoms with E-state index < -0.39 is 97.5 Å². The van der Waals surface area contributed by atoms with E-state index in [9.17, 15) is 43.2 Å². The molecule has 19 heteroatoms. The van der Waals surface area contributed by atoms with Crippen molar-refractivity contribution in [2.45, 2.75) is 380 Å². The molecule has 528 valence electrons. The van der Waals surface area contributed by atoms with Gasteiger partial charge in [0.2, 0.25) is 0 Å². The normalized spacial score (nSPS) is 14.4. The number of hydrogen-bond donors (Lipinski definition) is 3. The SMILES string of the molecule is CCCCCCCCCCCCCCCCCC(=O)O[C@H](COC(=O)CCCCCCCCCCCCCCC)COP(=O)(O)OC[C@@H](O)COP(=O)(O)OC[C@@H](COC(=O)CCCCCCCCC(C)CC)OC(=O)CCCCCCCCCCCCC. The third-order valence-corrected chi connectivity index (χ3v) is 18.5. The molecule has 3 unspecified atom stereocenters. The van der Waals surface area contributed by atoms with E-state index in [1.54, 1.807) is 0 Å². The average Bonchev–Trinajstić information content (AvgIpc) is 3.72. The first-order valence-corrected chi connectivity index (χ1v) is 39.7. The van der Waals surface area contributed by atoms with Crippen LogP contribution in [0.15, 0.2) is 0 Å². The summed E-state index contributed by atoms with van der Waals surface area (Å²) < 4.78 is 68.3. The lowest BCUT2D eigenvalue weighted by molar-refractivity contribution is -0.161. The summed E-state index contributed by atoms with van der Waals surface area (Å²) in [7, 11) is -9.90. The number of ether oxygens (including phenoxy) is 4. The largest absolute Gasteiger partial charge is 0.472 e. The van der Waals surface area contributed by atoms with Gasteiger partial charge in [-0.1, -0.05) is 311 Å². The first-order chi connectivity index (χ1) is 43.1. The van der Waals surface area contributed by atoms with Crippen LogP contribution in [0.25, 0.3) is 0 Å². The number of esters is 4. The molecule has 0 aromatic carbocycles. The van der Waals surface area contributed by atoms with Crippen molar-refractivity contribution in [1.29, 1.82) is 0 Å². The molecule has 0 heterocycles. The van der Waals surface area contributed by atoms with Gasteiger partial charge in [0.05, 0.1) is 26.4 Å². The number of hydrogen-bond acceptors (Lipinski definition) is 15. The molecular weight excluding hydrogens is 1170 g/mol. The van der Waals surface area contributed by atoms with Crippen molar-refractivity contribution in [2.75, 3.05) is 39.6 Å². The van der Waals surface area contributed by atoms with Crippen molar-refractivity contribution in [3.8, 4) is 0 Å². The second kappa shape index (κ2) is 63.5. The topological polar surface area (TPSA) is 237 Å². The van der Waals surface area contributed by atoms with E-state index in [0.29, 0.717) is 25.7 Å². The zero-order valence-corrected chi connectivity index (χ0v) is 59.4. The second-order valence-corrected chi connectivity index (χ2v) is 28.4. The van der Waals surface area contributed by atoms with E-state index in [-0.39, 0.29) is 25.7 Å². The number of aliphatic hydroxyl groups is 1. The predicted molar refractivity (Wildman–Crippen MR) is 358 cm³/mol. The van der Waals surface area contributed by atoms with Gasteiger partial charge in [0.15, 0.2) is 12.2 Å². The average molecular weight is 1310 g/mol. The van der Waals surface area contributed by atoms with E-state index in [4.69, 9.17) is 37.0 Å². The third kappa shape index (κ3) is 63.2. The third-order valence-electron chi connectivity index (χ3n) is 16.6. The van der Waals surface area contributed by atoms with Gasteiger partial charge in [-0.25, -0.2) is 9.13 Å². The van der Waals surface area contributed by atoms with E-state index >= 15 is 0 Å². The summed E-state index contributed by atoms with van der Waals surface area (Å²) in [5.74, 6) is -1.39. The van der Waals surface area contributed by atoms with Crippen LogP contribution in [-0.2, 0) is 65.4 Å². The molecule has 0 aliphatic carbocycles. The van der Waals surface area contributed by atoms with Crippen molar-refractivity contribution >= 4 is 39.5 Å². The van der Waals surface area contributed by atoms with Gasteiger partial charge in [0.1, 0.15) is 19.3 Å². The molecule has 0 aliphatic rings. The van der Waals surface area contributed by atoms with Crippen LogP contribution in [0.4, 0.5) is 0 Å². The molecule has 0 amide bonds. The summed E-state index contributed by atoms with van der Waals surface area (Å²) in [5, 5.41) is 10.6. The van der Waals surface area contributed by atoms with E-state index in [1.807, 2.05) is 0 Å². The summed E-state index contributed by atoms with van der Waals surface area (Å²) in [6.07, 6.45) is 49.8. The number of aliphatic hydroxyl groups excluding tert-OH is 1. The van der Waals surface area contributed by atoms with Crippen molar-refractivity contribution in [3.05, 3.63) is 0 Å². The Hall–Kier alpha value is -1.94. The quantitative estimate of drug-likeness (QED) is 0.0222. The number of carbonyl (C=O) groups excluding carboxylic acids is 4. The van der Waals surface area contributed by atoms with Crippen LogP contribution in [0.2, 0.25) is 0 Å². The Bertz CT molecular complexity index is 1720. The van der Waals surface area contributed by atoms with Crippen LogP contribution in [0.3, 0.4) is 0 Å². The fourth-order valence-electron chi connectivity index (χ4n) is 10.6. The first kappa shape index (κ1) is 87.1. The van der Waals surface area contributed by atoms with Crippen LogP contribution >= 0.6 is 15.6 Å². The predicted octanol–water partition coefficient (Wildman–Crippen LogP) is 20.1. The van der Waals surface area contributed by atoms with Gasteiger partial charge < -0.3 is 33.8 Å². The fourth-order valence-corrected chi connectivity index (χ4v) is 12.2. The van der Waals surface area contributed by atoms with E-state index in [0.717, 1.165) is 102 Å². The lowest BCUT2D eigenvalue weighted by atomic mass is 10.00. The molecule has 0 spiro atoms. The molecule has 0 aromatic heterocycles. The Labute approximate surface area is 543 Å². The number of carbonyl (C=O) groups is 4. The van der Waals surface area contributed by atoms with Crippen LogP contribution in [-0.4, -0.2) is 96.7 Å². The Morgan fingerprint density at radius 1 is 0.315 bits per heavy atom. The molecule has 0 aromatic rings. The summed E-state index contributed by atoms with van der Waals surface area (Å²) in [6, 6.07) is 0. The van der Waals surface area contributed by atoms with Crippen LogP contribution in [0.1, 0.15) is 362 Å². The first-order valence-electron chi connectivity index (χ1n) is 36.7. The Morgan fingerprint density at radius 2 is 0.539 bits per heavy atom. The maximum Gasteiger partial charge on any atom is 0.472 e. The number of unbranched alkanes of at least 4 members (excludes halogenated alkanes) is 41. The molecule has 0 radical (unpaired) electrons. The second-order valence-electron chi connectivity index (χ2n) is 25.5. The Kier molecular flexibility index (Phi) is 62.1. The summed E-state index contributed by atoms with van der Waals surface area (Å²) in [5.41, 5.74) is 0. The fraction of sp³-hybridized carbons (Fsp3) is 0.943. The van der Waals surface area contributed by atoms with Gasteiger partial charge >= 0.3 is 39.5 Å². The van der Waals surface area contributed by atoms with Crippen molar-refractivity contribution in [3.63, 3.8) is 0 Å². The molecule has 0 bridgehead atoms. The highest BCUT2D eigenvalue weighted by molar-refractivity contribution is 7.47. The monoisotopic (exact) mass is 1310 g/mol. The Morgan fingerprint density at radius 3 is 0.798 bits per heavy atom. The molecule has 6 atom stereocenters. The highest BCUT2D eigenvalue weighted by Gasteiger charge is 2.30. The van der Waals surface area contributed by atoms with Gasteiger partial charge in [-0.05, 0) is 31.6 Å². The number of phosphoric acid groups is 2. The molecule has 89 heavy (non-hydrogen) atoms.